The summed E-state index contributed by atoms with van der Waals surface area (Å²) in [7, 11) is 0. The van der Waals surface area contributed by atoms with E-state index in [2.05, 4.69) is 26.6 Å². The van der Waals surface area contributed by atoms with Gasteiger partial charge in [0.2, 0.25) is 0 Å². The number of nitrogens with one attached hydrogen (secondary N) is 2. The summed E-state index contributed by atoms with van der Waals surface area (Å²) >= 11 is 3.46. The van der Waals surface area contributed by atoms with Crippen LogP contribution in [-0.4, -0.2) is 30.3 Å². The van der Waals surface area contributed by atoms with Crippen molar-refractivity contribution in [1.82, 2.24) is 10.6 Å². The monoisotopic (exact) mass is 314 g/mol. The van der Waals surface area contributed by atoms with Gasteiger partial charge in [-0.25, -0.2) is 4.79 Å². The predicted octanol–water partition coefficient (Wildman–Crippen LogP) is 2.06. The van der Waals surface area contributed by atoms with Crippen molar-refractivity contribution in [3.8, 4) is 0 Å². The van der Waals surface area contributed by atoms with E-state index in [4.69, 9.17) is 5.11 Å². The first-order valence-electron chi connectivity index (χ1n) is 6.06. The van der Waals surface area contributed by atoms with Crippen molar-refractivity contribution in [2.45, 2.75) is 25.8 Å². The van der Waals surface area contributed by atoms with Gasteiger partial charge in [-0.3, -0.25) is 0 Å². The predicted molar refractivity (Wildman–Crippen MR) is 75.5 cm³/mol. The summed E-state index contributed by atoms with van der Waals surface area (Å²) in [5, 5.41) is 14.4. The molecule has 0 saturated heterocycles. The van der Waals surface area contributed by atoms with Gasteiger partial charge in [-0.2, -0.15) is 0 Å². The van der Waals surface area contributed by atoms with Crippen LogP contribution >= 0.6 is 15.9 Å². The smallest absolute Gasteiger partial charge is 0.315 e. The number of halogens is 1. The van der Waals surface area contributed by atoms with Crippen molar-refractivity contribution in [1.29, 1.82) is 0 Å². The molecule has 0 aliphatic carbocycles. The lowest BCUT2D eigenvalue weighted by atomic mass is 10.1. The summed E-state index contributed by atoms with van der Waals surface area (Å²) in [5.74, 6) is 0. The summed E-state index contributed by atoms with van der Waals surface area (Å²) in [6.07, 6.45) is 1.49. The number of hydrogen-bond acceptors (Lipinski definition) is 2. The Labute approximate surface area is 116 Å². The average molecular weight is 315 g/mol. The van der Waals surface area contributed by atoms with Crippen molar-refractivity contribution < 1.29 is 9.90 Å². The van der Waals surface area contributed by atoms with Crippen LogP contribution in [0.25, 0.3) is 0 Å². The van der Waals surface area contributed by atoms with Gasteiger partial charge in [0.25, 0.3) is 0 Å². The van der Waals surface area contributed by atoms with Gasteiger partial charge in [-0.15, -0.1) is 0 Å². The first-order chi connectivity index (χ1) is 8.67. The number of aliphatic hydroxyl groups is 1. The maximum absolute atomic E-state index is 11.5. The third kappa shape index (κ3) is 5.06. The zero-order valence-corrected chi connectivity index (χ0v) is 12.0. The van der Waals surface area contributed by atoms with Gasteiger partial charge in [0.1, 0.15) is 0 Å². The van der Waals surface area contributed by atoms with Crippen molar-refractivity contribution in [3.63, 3.8) is 0 Å². The van der Waals surface area contributed by atoms with E-state index >= 15 is 0 Å². The van der Waals surface area contributed by atoms with Gasteiger partial charge in [-0.1, -0.05) is 41.1 Å². The van der Waals surface area contributed by atoms with Crippen LogP contribution in [0.5, 0.6) is 0 Å². The number of amides is 2. The van der Waals surface area contributed by atoms with E-state index in [0.29, 0.717) is 13.0 Å². The number of aliphatic hydroxyl groups excluding tert-OH is 1. The molecule has 1 unspecified atom stereocenters. The molecule has 1 rings (SSSR count). The zero-order chi connectivity index (χ0) is 13.4. The molecular formula is C13H19BrN2O2. The second-order valence-electron chi connectivity index (χ2n) is 4.03. The maximum Gasteiger partial charge on any atom is 0.315 e. The molecule has 18 heavy (non-hydrogen) atoms. The number of hydrogen-bond donors (Lipinski definition) is 3. The van der Waals surface area contributed by atoms with Crippen molar-refractivity contribution in [2.75, 3.05) is 13.2 Å². The van der Waals surface area contributed by atoms with E-state index in [9.17, 15) is 4.79 Å². The van der Waals surface area contributed by atoms with E-state index in [-0.39, 0.29) is 18.7 Å². The molecule has 0 saturated carbocycles. The molecule has 0 spiro atoms. The molecule has 4 nitrogen and oxygen atoms in total. The molecule has 3 N–H and O–H groups in total. The number of carbonyl (C=O) groups excluding carboxylic acids is 1. The van der Waals surface area contributed by atoms with Crippen LogP contribution in [0.3, 0.4) is 0 Å². The highest BCUT2D eigenvalue weighted by atomic mass is 79.9. The van der Waals surface area contributed by atoms with E-state index < -0.39 is 0 Å². The lowest BCUT2D eigenvalue weighted by Gasteiger charge is -2.14. The third-order valence-corrected chi connectivity index (χ3v) is 3.46. The lowest BCUT2D eigenvalue weighted by Crippen LogP contribution is -2.44. The van der Waals surface area contributed by atoms with Gasteiger partial charge in [0.05, 0.1) is 12.6 Å². The molecular weight excluding hydrogens is 296 g/mol. The second kappa shape index (κ2) is 8.11. The normalized spacial score (nSPS) is 11.9. The Morgan fingerprint density at radius 2 is 2.17 bits per heavy atom. The highest BCUT2D eigenvalue weighted by Crippen LogP contribution is 2.15. The molecule has 1 aromatic carbocycles. The second-order valence-corrected chi connectivity index (χ2v) is 4.88. The largest absolute Gasteiger partial charge is 0.394 e. The Bertz CT molecular complexity index is 381. The standard InChI is InChI=1S/C13H19BrN2O2/c1-2-11(9-17)16-13(18)15-8-7-10-5-3-4-6-12(10)14/h3-6,11,17H,2,7-9H2,1H3,(H2,15,16,18). The summed E-state index contributed by atoms with van der Waals surface area (Å²) in [6, 6.07) is 7.52. The Morgan fingerprint density at radius 3 is 2.78 bits per heavy atom. The average Bonchev–Trinajstić information content (AvgIpc) is 2.38. The molecule has 0 aliphatic rings. The van der Waals surface area contributed by atoms with Crippen molar-refractivity contribution in [3.05, 3.63) is 34.3 Å². The lowest BCUT2D eigenvalue weighted by molar-refractivity contribution is 0.214. The minimum Gasteiger partial charge on any atom is -0.394 e. The van der Waals surface area contributed by atoms with Gasteiger partial charge in [-0.05, 0) is 24.5 Å². The van der Waals surface area contributed by atoms with Gasteiger partial charge >= 0.3 is 6.03 Å². The minimum absolute atomic E-state index is 0.0336. The molecule has 100 valence electrons. The van der Waals surface area contributed by atoms with E-state index in [1.54, 1.807) is 0 Å². The molecule has 2 amide bonds. The number of benzene rings is 1. The molecule has 0 aliphatic heterocycles. The summed E-state index contributed by atoms with van der Waals surface area (Å²) < 4.78 is 1.05. The fourth-order valence-electron chi connectivity index (χ4n) is 1.53. The summed E-state index contributed by atoms with van der Waals surface area (Å²) in [4.78, 5) is 11.5. The van der Waals surface area contributed by atoms with Gasteiger partial charge < -0.3 is 15.7 Å². The van der Waals surface area contributed by atoms with Gasteiger partial charge in [0, 0.05) is 11.0 Å². The van der Waals surface area contributed by atoms with E-state index in [0.717, 1.165) is 16.5 Å². The summed E-state index contributed by atoms with van der Waals surface area (Å²) in [5.41, 5.74) is 1.16. The van der Waals surface area contributed by atoms with Crippen LogP contribution in [0.1, 0.15) is 18.9 Å². The molecule has 0 heterocycles. The quantitative estimate of drug-likeness (QED) is 0.752. The van der Waals surface area contributed by atoms with Crippen molar-refractivity contribution >= 4 is 22.0 Å². The number of urea groups is 1. The molecule has 0 aromatic heterocycles. The third-order valence-electron chi connectivity index (χ3n) is 2.69. The van der Waals surface area contributed by atoms with Crippen LogP contribution in [0.2, 0.25) is 0 Å². The van der Waals surface area contributed by atoms with E-state index in [1.165, 1.54) is 0 Å². The van der Waals surface area contributed by atoms with Crippen LogP contribution in [0, 0.1) is 0 Å². The zero-order valence-electron chi connectivity index (χ0n) is 10.4. The van der Waals surface area contributed by atoms with E-state index in [1.807, 2.05) is 31.2 Å². The molecule has 0 bridgehead atoms. The Hall–Kier alpha value is -1.07. The highest BCUT2D eigenvalue weighted by Gasteiger charge is 2.08. The topological polar surface area (TPSA) is 61.4 Å². The van der Waals surface area contributed by atoms with Crippen molar-refractivity contribution in [2.24, 2.45) is 0 Å². The van der Waals surface area contributed by atoms with Crippen LogP contribution in [0.4, 0.5) is 4.79 Å². The maximum atomic E-state index is 11.5. The minimum atomic E-state index is -0.233. The Kier molecular flexibility index (Phi) is 6.75. The summed E-state index contributed by atoms with van der Waals surface area (Å²) in [6.45, 7) is 2.45. The first-order valence-corrected chi connectivity index (χ1v) is 6.85. The SMILES string of the molecule is CCC(CO)NC(=O)NCCc1ccccc1Br. The molecule has 5 heteroatoms. The number of carbonyl (C=O) groups is 1. The highest BCUT2D eigenvalue weighted by molar-refractivity contribution is 9.10. The first kappa shape index (κ1) is 15.0. The van der Waals surface area contributed by atoms with Crippen LogP contribution in [-0.2, 0) is 6.42 Å². The van der Waals surface area contributed by atoms with Crippen LogP contribution in [0.15, 0.2) is 28.7 Å². The molecule has 0 fully saturated rings. The Balaban J connectivity index is 2.29. The molecule has 1 atom stereocenters. The fraction of sp³-hybridized carbons (Fsp3) is 0.462. The Morgan fingerprint density at radius 1 is 1.44 bits per heavy atom. The molecule has 0 radical (unpaired) electrons. The fourth-order valence-corrected chi connectivity index (χ4v) is 2.01. The van der Waals surface area contributed by atoms with Gasteiger partial charge in [0.15, 0.2) is 0 Å². The number of rotatable bonds is 6. The van der Waals surface area contributed by atoms with Crippen LogP contribution < -0.4 is 10.6 Å². The molecule has 1 aromatic rings.